The van der Waals surface area contributed by atoms with E-state index >= 15 is 0 Å². The van der Waals surface area contributed by atoms with E-state index in [1.54, 1.807) is 23.1 Å². The van der Waals surface area contributed by atoms with Gasteiger partial charge in [0.05, 0.1) is 0 Å². The lowest BCUT2D eigenvalue weighted by atomic mass is 10.0. The molecule has 0 unspecified atom stereocenters. The largest absolute Gasteiger partial charge is 0.486 e. The van der Waals surface area contributed by atoms with Gasteiger partial charge in [-0.05, 0) is 29.7 Å². The molecule has 1 N–H and O–H groups in total. The van der Waals surface area contributed by atoms with Crippen molar-refractivity contribution in [3.8, 4) is 11.5 Å². The lowest BCUT2D eigenvalue weighted by molar-refractivity contribution is -0.122. The molecule has 2 heterocycles. The highest BCUT2D eigenvalue weighted by atomic mass is 16.6. The van der Waals surface area contributed by atoms with Crippen LogP contribution in [0.15, 0.2) is 42.5 Å². The van der Waals surface area contributed by atoms with Gasteiger partial charge < -0.3 is 19.7 Å². The van der Waals surface area contributed by atoms with Crippen molar-refractivity contribution < 1.29 is 19.1 Å². The summed E-state index contributed by atoms with van der Waals surface area (Å²) in [5.41, 5.74) is 2.26. The van der Waals surface area contributed by atoms with Gasteiger partial charge >= 0.3 is 0 Å². The van der Waals surface area contributed by atoms with Crippen molar-refractivity contribution in [2.45, 2.75) is 26.4 Å². The molecule has 0 saturated heterocycles. The predicted molar refractivity (Wildman–Crippen MR) is 101 cm³/mol. The summed E-state index contributed by atoms with van der Waals surface area (Å²) in [6.45, 7) is 5.35. The first-order valence-corrected chi connectivity index (χ1v) is 9.14. The van der Waals surface area contributed by atoms with Crippen LogP contribution in [0.3, 0.4) is 0 Å². The number of benzene rings is 2. The van der Waals surface area contributed by atoms with Crippen LogP contribution >= 0.6 is 0 Å². The summed E-state index contributed by atoms with van der Waals surface area (Å²) in [5, 5.41) is 2.93. The van der Waals surface area contributed by atoms with Gasteiger partial charge in [0.25, 0.3) is 5.91 Å². The maximum absolute atomic E-state index is 13.0. The van der Waals surface area contributed by atoms with Crippen molar-refractivity contribution in [1.82, 2.24) is 4.90 Å². The number of rotatable bonds is 4. The molecule has 0 saturated carbocycles. The van der Waals surface area contributed by atoms with E-state index in [0.717, 1.165) is 5.56 Å². The Kier molecular flexibility index (Phi) is 4.48. The standard InChI is InChI=1S/C21H22N2O4/c1-13(2)19(23-12-14-5-3-4-6-16(14)21(23)25)20(24)22-15-7-8-17-18(11-15)27-10-9-26-17/h3-8,11,13,19H,9-10,12H2,1-2H3,(H,22,24)/t19-/m0/s1. The van der Waals surface area contributed by atoms with Gasteiger partial charge in [-0.25, -0.2) is 0 Å². The third kappa shape index (κ3) is 3.23. The molecule has 6 heteroatoms. The smallest absolute Gasteiger partial charge is 0.255 e. The molecule has 6 nitrogen and oxygen atoms in total. The zero-order valence-corrected chi connectivity index (χ0v) is 15.4. The zero-order valence-electron chi connectivity index (χ0n) is 15.4. The van der Waals surface area contributed by atoms with Crippen molar-refractivity contribution >= 4 is 17.5 Å². The molecule has 27 heavy (non-hydrogen) atoms. The monoisotopic (exact) mass is 366 g/mol. The molecular formula is C21H22N2O4. The lowest BCUT2D eigenvalue weighted by Gasteiger charge is -2.30. The van der Waals surface area contributed by atoms with Gasteiger partial charge in [-0.2, -0.15) is 0 Å². The molecule has 0 radical (unpaired) electrons. The van der Waals surface area contributed by atoms with E-state index in [1.807, 2.05) is 38.1 Å². The number of nitrogens with zero attached hydrogens (tertiary/aromatic N) is 1. The summed E-state index contributed by atoms with van der Waals surface area (Å²) < 4.78 is 11.1. The Morgan fingerprint density at radius 2 is 1.81 bits per heavy atom. The second kappa shape index (κ2) is 6.95. The first-order chi connectivity index (χ1) is 13.0. The summed E-state index contributed by atoms with van der Waals surface area (Å²) in [7, 11) is 0. The molecule has 4 rings (SSSR count). The highest BCUT2D eigenvalue weighted by Gasteiger charge is 2.37. The molecule has 2 aliphatic heterocycles. The minimum atomic E-state index is -0.557. The number of carbonyl (C=O) groups excluding carboxylic acids is 2. The maximum Gasteiger partial charge on any atom is 0.255 e. The van der Waals surface area contributed by atoms with E-state index < -0.39 is 6.04 Å². The van der Waals surface area contributed by atoms with Gasteiger partial charge in [0, 0.05) is 23.9 Å². The molecule has 0 aromatic heterocycles. The van der Waals surface area contributed by atoms with Gasteiger partial charge in [-0.1, -0.05) is 32.0 Å². The number of ether oxygens (including phenoxy) is 2. The predicted octanol–water partition coefficient (Wildman–Crippen LogP) is 3.08. The first kappa shape index (κ1) is 17.4. The molecule has 0 bridgehead atoms. The quantitative estimate of drug-likeness (QED) is 0.903. The summed E-state index contributed by atoms with van der Waals surface area (Å²) in [6.07, 6.45) is 0. The number of carbonyl (C=O) groups is 2. The normalized spacial score (nSPS) is 16.3. The van der Waals surface area contributed by atoms with Crippen LogP contribution in [0.1, 0.15) is 29.8 Å². The molecule has 2 aliphatic rings. The minimum absolute atomic E-state index is 0.0273. The van der Waals surface area contributed by atoms with E-state index in [-0.39, 0.29) is 17.7 Å². The van der Waals surface area contributed by atoms with E-state index in [0.29, 0.717) is 42.5 Å². The SMILES string of the molecule is CC(C)[C@@H](C(=O)Nc1ccc2c(c1)OCCO2)N1Cc2ccccc2C1=O. The number of fused-ring (bicyclic) bond motifs is 2. The Bertz CT molecular complexity index is 894. The van der Waals surface area contributed by atoms with Crippen molar-refractivity contribution in [1.29, 1.82) is 0 Å². The van der Waals surface area contributed by atoms with Crippen LogP contribution in [0.4, 0.5) is 5.69 Å². The molecule has 0 fully saturated rings. The topological polar surface area (TPSA) is 67.9 Å². The highest BCUT2D eigenvalue weighted by Crippen LogP contribution is 2.33. The molecule has 2 aromatic carbocycles. The number of hydrogen-bond acceptors (Lipinski definition) is 4. The zero-order chi connectivity index (χ0) is 19.0. The van der Waals surface area contributed by atoms with Crippen molar-refractivity contribution in [2.24, 2.45) is 5.92 Å². The van der Waals surface area contributed by atoms with Crippen LogP contribution in [0.5, 0.6) is 11.5 Å². The maximum atomic E-state index is 13.0. The van der Waals surface area contributed by atoms with Crippen molar-refractivity contribution in [2.75, 3.05) is 18.5 Å². The number of hydrogen-bond donors (Lipinski definition) is 1. The third-order valence-corrected chi connectivity index (χ3v) is 4.89. The van der Waals surface area contributed by atoms with Crippen molar-refractivity contribution in [3.63, 3.8) is 0 Å². The molecule has 2 amide bonds. The summed E-state index contributed by atoms with van der Waals surface area (Å²) in [6, 6.07) is 12.3. The lowest BCUT2D eigenvalue weighted by Crippen LogP contribution is -2.47. The first-order valence-electron chi connectivity index (χ1n) is 9.14. The van der Waals surface area contributed by atoms with E-state index in [9.17, 15) is 9.59 Å². The Hall–Kier alpha value is -3.02. The molecular weight excluding hydrogens is 344 g/mol. The van der Waals surface area contributed by atoms with E-state index in [4.69, 9.17) is 9.47 Å². The Balaban J connectivity index is 1.55. The number of nitrogens with one attached hydrogen (secondary N) is 1. The summed E-state index contributed by atoms with van der Waals surface area (Å²) in [5.74, 6) is 0.958. The molecule has 1 atom stereocenters. The van der Waals surface area contributed by atoms with E-state index in [1.165, 1.54) is 0 Å². The van der Waals surface area contributed by atoms with Crippen molar-refractivity contribution in [3.05, 3.63) is 53.6 Å². The van der Waals surface area contributed by atoms with Gasteiger partial charge in [-0.15, -0.1) is 0 Å². The van der Waals surface area contributed by atoms with Crippen LogP contribution < -0.4 is 14.8 Å². The van der Waals surface area contributed by atoms with E-state index in [2.05, 4.69) is 5.32 Å². The van der Waals surface area contributed by atoms with Gasteiger partial charge in [0.2, 0.25) is 5.91 Å². The molecule has 140 valence electrons. The fraction of sp³-hybridized carbons (Fsp3) is 0.333. The van der Waals surface area contributed by atoms with Gasteiger partial charge in [0.1, 0.15) is 19.3 Å². The minimum Gasteiger partial charge on any atom is -0.486 e. The molecule has 0 aliphatic carbocycles. The fourth-order valence-electron chi connectivity index (χ4n) is 3.64. The Labute approximate surface area is 158 Å². The van der Waals surface area contributed by atoms with Crippen LogP contribution in [0.2, 0.25) is 0 Å². The highest BCUT2D eigenvalue weighted by molar-refractivity contribution is 6.03. The summed E-state index contributed by atoms with van der Waals surface area (Å²) >= 11 is 0. The third-order valence-electron chi connectivity index (χ3n) is 4.89. The van der Waals surface area contributed by atoms with Crippen LogP contribution in [-0.2, 0) is 11.3 Å². The number of amides is 2. The number of anilines is 1. The Morgan fingerprint density at radius 3 is 2.56 bits per heavy atom. The van der Waals surface area contributed by atoms with Crippen LogP contribution in [0.25, 0.3) is 0 Å². The summed E-state index contributed by atoms with van der Waals surface area (Å²) in [4.78, 5) is 27.5. The second-order valence-corrected chi connectivity index (χ2v) is 7.13. The van der Waals surface area contributed by atoms with Crippen LogP contribution in [0, 0.1) is 5.92 Å². The molecule has 2 aromatic rings. The second-order valence-electron chi connectivity index (χ2n) is 7.13. The fourth-order valence-corrected chi connectivity index (χ4v) is 3.64. The average molecular weight is 366 g/mol. The Morgan fingerprint density at radius 1 is 1.07 bits per heavy atom. The molecule has 0 spiro atoms. The van der Waals surface area contributed by atoms with Gasteiger partial charge in [-0.3, -0.25) is 9.59 Å². The average Bonchev–Trinajstić information content (AvgIpc) is 2.98. The van der Waals surface area contributed by atoms with Crippen LogP contribution in [-0.4, -0.2) is 36.0 Å². The van der Waals surface area contributed by atoms with Gasteiger partial charge in [0.15, 0.2) is 11.5 Å².